The molecule has 4 rings (SSSR count). The van der Waals surface area contributed by atoms with Crippen LogP contribution in [0.25, 0.3) is 16.8 Å². The zero-order chi connectivity index (χ0) is 18.6. The third kappa shape index (κ3) is 3.73. The summed E-state index contributed by atoms with van der Waals surface area (Å²) >= 11 is 0. The SMILES string of the molecule is CCc1nnc(CN(CC)Cc2cnc3c(-c4ccccc4)cnn3c2)o1. The van der Waals surface area contributed by atoms with Crippen LogP contribution in [0.4, 0.5) is 0 Å². The molecule has 0 spiro atoms. The Bertz CT molecular complexity index is 1020. The van der Waals surface area contributed by atoms with Crippen molar-refractivity contribution >= 4 is 5.65 Å². The van der Waals surface area contributed by atoms with Gasteiger partial charge >= 0.3 is 0 Å². The van der Waals surface area contributed by atoms with E-state index >= 15 is 0 Å². The van der Waals surface area contributed by atoms with Crippen molar-refractivity contribution < 1.29 is 4.42 Å². The number of rotatable bonds is 7. The summed E-state index contributed by atoms with van der Waals surface area (Å²) in [5, 5.41) is 12.6. The molecule has 0 amide bonds. The van der Waals surface area contributed by atoms with Crippen molar-refractivity contribution in [1.82, 2.24) is 29.7 Å². The Balaban J connectivity index is 1.53. The lowest BCUT2D eigenvalue weighted by molar-refractivity contribution is 0.239. The highest BCUT2D eigenvalue weighted by molar-refractivity contribution is 5.76. The number of hydrogen-bond donors (Lipinski definition) is 0. The fourth-order valence-corrected chi connectivity index (χ4v) is 3.04. The molecule has 0 fully saturated rings. The van der Waals surface area contributed by atoms with E-state index in [9.17, 15) is 0 Å². The maximum absolute atomic E-state index is 5.63. The Kier molecular flexibility index (Phi) is 4.93. The van der Waals surface area contributed by atoms with E-state index in [2.05, 4.69) is 44.2 Å². The lowest BCUT2D eigenvalue weighted by atomic mass is 10.1. The maximum Gasteiger partial charge on any atom is 0.230 e. The molecular weight excluding hydrogens is 340 g/mol. The van der Waals surface area contributed by atoms with Crippen molar-refractivity contribution in [3.05, 3.63) is 66.3 Å². The maximum atomic E-state index is 5.63. The normalized spacial score (nSPS) is 11.5. The number of aryl methyl sites for hydroxylation is 1. The van der Waals surface area contributed by atoms with Gasteiger partial charge < -0.3 is 4.42 Å². The number of benzene rings is 1. The minimum atomic E-state index is 0.621. The van der Waals surface area contributed by atoms with E-state index in [-0.39, 0.29) is 0 Å². The van der Waals surface area contributed by atoms with Crippen LogP contribution in [0.5, 0.6) is 0 Å². The third-order valence-corrected chi connectivity index (χ3v) is 4.52. The van der Waals surface area contributed by atoms with Gasteiger partial charge in [0.15, 0.2) is 5.65 Å². The zero-order valence-corrected chi connectivity index (χ0v) is 15.5. The average molecular weight is 362 g/mol. The van der Waals surface area contributed by atoms with Crippen molar-refractivity contribution in [3.8, 4) is 11.1 Å². The first-order valence-corrected chi connectivity index (χ1v) is 9.18. The van der Waals surface area contributed by atoms with Crippen molar-refractivity contribution in [1.29, 1.82) is 0 Å². The third-order valence-electron chi connectivity index (χ3n) is 4.52. The molecule has 0 saturated heterocycles. The largest absolute Gasteiger partial charge is 0.424 e. The fourth-order valence-electron chi connectivity index (χ4n) is 3.04. The van der Waals surface area contributed by atoms with Crippen LogP contribution in [0, 0.1) is 0 Å². The van der Waals surface area contributed by atoms with Gasteiger partial charge in [0.05, 0.1) is 12.7 Å². The van der Waals surface area contributed by atoms with Crippen LogP contribution in [0.2, 0.25) is 0 Å². The van der Waals surface area contributed by atoms with Crippen LogP contribution in [-0.2, 0) is 19.5 Å². The van der Waals surface area contributed by atoms with E-state index in [4.69, 9.17) is 4.42 Å². The van der Waals surface area contributed by atoms with Gasteiger partial charge in [-0.3, -0.25) is 4.90 Å². The first-order chi connectivity index (χ1) is 13.3. The van der Waals surface area contributed by atoms with Crippen LogP contribution in [0.15, 0.2) is 53.3 Å². The van der Waals surface area contributed by atoms with Crippen molar-refractivity contribution in [2.24, 2.45) is 0 Å². The highest BCUT2D eigenvalue weighted by Crippen LogP contribution is 2.23. The second kappa shape index (κ2) is 7.67. The predicted molar refractivity (Wildman–Crippen MR) is 102 cm³/mol. The van der Waals surface area contributed by atoms with Crippen LogP contribution >= 0.6 is 0 Å². The molecule has 0 atom stereocenters. The van der Waals surface area contributed by atoms with E-state index in [0.29, 0.717) is 18.3 Å². The van der Waals surface area contributed by atoms with Gasteiger partial charge in [-0.1, -0.05) is 44.2 Å². The van der Waals surface area contributed by atoms with E-state index < -0.39 is 0 Å². The summed E-state index contributed by atoms with van der Waals surface area (Å²) in [6.45, 7) is 6.35. The molecule has 138 valence electrons. The Morgan fingerprint density at radius 2 is 1.81 bits per heavy atom. The second-order valence-corrected chi connectivity index (χ2v) is 6.40. The van der Waals surface area contributed by atoms with Gasteiger partial charge in [-0.05, 0) is 12.1 Å². The van der Waals surface area contributed by atoms with Gasteiger partial charge in [0.2, 0.25) is 11.8 Å². The molecule has 0 radical (unpaired) electrons. The smallest absolute Gasteiger partial charge is 0.230 e. The molecule has 7 heteroatoms. The van der Waals surface area contributed by atoms with Gasteiger partial charge in [-0.15, -0.1) is 10.2 Å². The molecule has 0 N–H and O–H groups in total. The van der Waals surface area contributed by atoms with E-state index in [1.807, 2.05) is 48.2 Å². The molecule has 0 saturated carbocycles. The summed E-state index contributed by atoms with van der Waals surface area (Å²) in [6.07, 6.45) is 6.56. The van der Waals surface area contributed by atoms with Gasteiger partial charge in [0.25, 0.3) is 0 Å². The Hall–Kier alpha value is -3.06. The fraction of sp³-hybridized carbons (Fsp3) is 0.300. The molecule has 0 unspecified atom stereocenters. The van der Waals surface area contributed by atoms with Crippen molar-refractivity contribution in [2.45, 2.75) is 33.4 Å². The Morgan fingerprint density at radius 3 is 2.56 bits per heavy atom. The summed E-state index contributed by atoms with van der Waals surface area (Å²) < 4.78 is 7.47. The standard InChI is InChI=1S/C20H22N6O/c1-3-18-23-24-19(27-18)14-25(4-2)12-15-10-21-20-17(11-22-26(20)13-15)16-8-6-5-7-9-16/h5-11,13H,3-4,12,14H2,1-2H3. The molecule has 1 aromatic carbocycles. The zero-order valence-electron chi connectivity index (χ0n) is 15.5. The predicted octanol–water partition coefficient (Wildman–Crippen LogP) is 3.36. The number of fused-ring (bicyclic) bond motifs is 1. The molecule has 3 heterocycles. The highest BCUT2D eigenvalue weighted by Gasteiger charge is 2.13. The first kappa shape index (κ1) is 17.4. The van der Waals surface area contributed by atoms with Crippen molar-refractivity contribution in [3.63, 3.8) is 0 Å². The molecule has 0 aliphatic rings. The summed E-state index contributed by atoms with van der Waals surface area (Å²) in [7, 11) is 0. The minimum absolute atomic E-state index is 0.621. The van der Waals surface area contributed by atoms with Gasteiger partial charge in [-0.2, -0.15) is 5.10 Å². The van der Waals surface area contributed by atoms with E-state index in [0.717, 1.165) is 41.8 Å². The quantitative estimate of drug-likeness (QED) is 0.502. The minimum Gasteiger partial charge on any atom is -0.424 e. The Labute approximate surface area is 157 Å². The topological polar surface area (TPSA) is 72.4 Å². The molecule has 27 heavy (non-hydrogen) atoms. The van der Waals surface area contributed by atoms with Crippen LogP contribution in [0.3, 0.4) is 0 Å². The van der Waals surface area contributed by atoms with Crippen LogP contribution in [-0.4, -0.2) is 36.2 Å². The summed E-state index contributed by atoms with van der Waals surface area (Å²) in [6, 6.07) is 10.2. The molecular formula is C20H22N6O. The van der Waals surface area contributed by atoms with Gasteiger partial charge in [-0.25, -0.2) is 9.50 Å². The van der Waals surface area contributed by atoms with Gasteiger partial charge in [0, 0.05) is 36.5 Å². The number of aromatic nitrogens is 5. The summed E-state index contributed by atoms with van der Waals surface area (Å²) in [5.41, 5.74) is 4.10. The number of hydrogen-bond acceptors (Lipinski definition) is 6. The van der Waals surface area contributed by atoms with Crippen molar-refractivity contribution in [2.75, 3.05) is 6.54 Å². The monoisotopic (exact) mass is 362 g/mol. The summed E-state index contributed by atoms with van der Waals surface area (Å²) in [4.78, 5) is 6.89. The Morgan fingerprint density at radius 1 is 1.00 bits per heavy atom. The molecule has 0 aliphatic carbocycles. The van der Waals surface area contributed by atoms with Crippen LogP contribution in [0.1, 0.15) is 31.2 Å². The lowest BCUT2D eigenvalue weighted by Crippen LogP contribution is -2.22. The average Bonchev–Trinajstić information content (AvgIpc) is 3.34. The number of nitrogens with zero attached hydrogens (tertiary/aromatic N) is 6. The lowest BCUT2D eigenvalue weighted by Gasteiger charge is -2.18. The molecule has 4 aromatic rings. The second-order valence-electron chi connectivity index (χ2n) is 6.40. The molecule has 7 nitrogen and oxygen atoms in total. The molecule has 3 aromatic heterocycles. The molecule has 0 bridgehead atoms. The van der Waals surface area contributed by atoms with E-state index in [1.165, 1.54) is 0 Å². The first-order valence-electron chi connectivity index (χ1n) is 9.18. The summed E-state index contributed by atoms with van der Waals surface area (Å²) in [5.74, 6) is 1.32. The van der Waals surface area contributed by atoms with Gasteiger partial charge in [0.1, 0.15) is 0 Å². The van der Waals surface area contributed by atoms with E-state index in [1.54, 1.807) is 0 Å². The molecule has 0 aliphatic heterocycles. The highest BCUT2D eigenvalue weighted by atomic mass is 16.4. The van der Waals surface area contributed by atoms with Crippen LogP contribution < -0.4 is 0 Å².